The molecule has 0 saturated carbocycles. The first kappa shape index (κ1) is 11.0. The van der Waals surface area contributed by atoms with Gasteiger partial charge in [0, 0.05) is 6.07 Å². The summed E-state index contributed by atoms with van der Waals surface area (Å²) >= 11 is 0. The summed E-state index contributed by atoms with van der Waals surface area (Å²) in [6.45, 7) is -0.287. The van der Waals surface area contributed by atoms with Crippen LogP contribution in [0, 0.1) is 6.20 Å². The maximum Gasteiger partial charge on any atom is 0.329 e. The Hall–Kier alpha value is -2.11. The van der Waals surface area contributed by atoms with Gasteiger partial charge in [0.25, 0.3) is 5.56 Å². The number of nitrogens with zero attached hydrogens (tertiary/aromatic N) is 1. The summed E-state index contributed by atoms with van der Waals surface area (Å²) in [5, 5.41) is 2.21. The van der Waals surface area contributed by atoms with Gasteiger partial charge in [-0.25, -0.2) is 9.36 Å². The molecular weight excluding hydrogens is 200 g/mol. The van der Waals surface area contributed by atoms with Crippen LogP contribution in [0.15, 0.2) is 23.0 Å². The van der Waals surface area contributed by atoms with Crippen molar-refractivity contribution in [3.05, 3.63) is 34.7 Å². The van der Waals surface area contributed by atoms with Gasteiger partial charge in [0.05, 0.1) is 13.3 Å². The maximum absolute atomic E-state index is 11.3. The highest BCUT2D eigenvalue weighted by molar-refractivity contribution is 5.81. The number of nitrogens with one attached hydrogen (secondary N) is 1. The molecule has 0 aliphatic carbocycles. The molecule has 1 rings (SSSR count). The molecule has 1 aromatic rings. The third-order valence-corrected chi connectivity index (χ3v) is 1.57. The number of pyridine rings is 1. The van der Waals surface area contributed by atoms with Gasteiger partial charge < -0.3 is 10.1 Å². The molecule has 15 heavy (non-hydrogen) atoms. The fourth-order valence-corrected chi connectivity index (χ4v) is 0.844. The molecule has 0 unspecified atom stereocenters. The minimum Gasteiger partial charge on any atom is -0.468 e. The minimum atomic E-state index is -0.717. The fourth-order valence-electron chi connectivity index (χ4n) is 0.844. The zero-order valence-electron chi connectivity index (χ0n) is 8.02. The van der Waals surface area contributed by atoms with E-state index in [1.165, 1.54) is 25.3 Å². The highest BCUT2D eigenvalue weighted by Gasteiger charge is 2.07. The van der Waals surface area contributed by atoms with Crippen LogP contribution >= 0.6 is 0 Å². The molecule has 0 spiro atoms. The lowest BCUT2D eigenvalue weighted by molar-refractivity contribution is -0.139. The van der Waals surface area contributed by atoms with Crippen molar-refractivity contribution in [1.82, 2.24) is 9.88 Å². The summed E-state index contributed by atoms with van der Waals surface area (Å²) in [5.74, 6) is -0.590. The standard InChI is InChI=1S/C9H9N2O4/c1-15-8(13)6-10-9(14)11-5-3-2-4-7(11)12/h2-4H,6H2,1H3,(H,10,14). The van der Waals surface area contributed by atoms with Gasteiger partial charge in [0.15, 0.2) is 0 Å². The van der Waals surface area contributed by atoms with Crippen molar-refractivity contribution in [2.24, 2.45) is 0 Å². The third kappa shape index (κ3) is 2.94. The Labute approximate surface area is 85.5 Å². The van der Waals surface area contributed by atoms with Gasteiger partial charge in [-0.2, -0.15) is 0 Å². The molecule has 0 aliphatic rings. The lowest BCUT2D eigenvalue weighted by Crippen LogP contribution is -2.38. The summed E-state index contributed by atoms with van der Waals surface area (Å²) in [6.07, 6.45) is 2.42. The molecule has 0 aliphatic heterocycles. The number of methoxy groups -OCH3 is 1. The van der Waals surface area contributed by atoms with Gasteiger partial charge >= 0.3 is 12.0 Å². The van der Waals surface area contributed by atoms with Gasteiger partial charge in [-0.05, 0) is 6.07 Å². The van der Waals surface area contributed by atoms with E-state index in [9.17, 15) is 14.4 Å². The molecule has 0 bridgehead atoms. The Morgan fingerprint density at radius 3 is 2.93 bits per heavy atom. The number of carbonyl (C=O) groups excluding carboxylic acids is 2. The molecule has 79 valence electrons. The molecule has 1 aromatic heterocycles. The summed E-state index contributed by atoms with van der Waals surface area (Å²) in [4.78, 5) is 33.1. The molecule has 1 amide bonds. The Morgan fingerprint density at radius 1 is 1.60 bits per heavy atom. The Kier molecular flexibility index (Phi) is 3.61. The van der Waals surface area contributed by atoms with Gasteiger partial charge in [0.1, 0.15) is 6.54 Å². The summed E-state index contributed by atoms with van der Waals surface area (Å²) < 4.78 is 5.05. The van der Waals surface area contributed by atoms with Crippen molar-refractivity contribution >= 4 is 12.0 Å². The minimum absolute atomic E-state index is 0.287. The average Bonchev–Trinajstić information content (AvgIpc) is 2.26. The first-order valence-electron chi connectivity index (χ1n) is 4.10. The van der Waals surface area contributed by atoms with Crippen molar-refractivity contribution in [1.29, 1.82) is 0 Å². The number of ether oxygens (including phenoxy) is 1. The van der Waals surface area contributed by atoms with Crippen molar-refractivity contribution in [2.45, 2.75) is 0 Å². The van der Waals surface area contributed by atoms with Crippen LogP contribution in [0.25, 0.3) is 0 Å². The second-order valence-corrected chi connectivity index (χ2v) is 2.56. The zero-order chi connectivity index (χ0) is 11.3. The van der Waals surface area contributed by atoms with E-state index < -0.39 is 17.6 Å². The van der Waals surface area contributed by atoms with E-state index in [0.717, 1.165) is 4.57 Å². The van der Waals surface area contributed by atoms with Gasteiger partial charge in [-0.3, -0.25) is 9.59 Å². The predicted octanol–water partition coefficient (Wildman–Crippen LogP) is -0.621. The molecule has 1 radical (unpaired) electrons. The maximum atomic E-state index is 11.3. The Balaban J connectivity index is 2.66. The molecule has 1 N–H and O–H groups in total. The van der Waals surface area contributed by atoms with E-state index in [1.807, 2.05) is 0 Å². The third-order valence-electron chi connectivity index (χ3n) is 1.57. The SMILES string of the molecule is COC(=O)CNC(=O)n1[c]cccc1=O. The molecule has 1 heterocycles. The summed E-state index contributed by atoms with van der Waals surface area (Å²) in [7, 11) is 1.20. The first-order chi connectivity index (χ1) is 7.15. The molecule has 0 fully saturated rings. The van der Waals surface area contributed by atoms with Gasteiger partial charge in [0.2, 0.25) is 0 Å². The van der Waals surface area contributed by atoms with E-state index in [2.05, 4.69) is 16.3 Å². The number of hydrogen-bond donors (Lipinski definition) is 1. The second-order valence-electron chi connectivity index (χ2n) is 2.56. The van der Waals surface area contributed by atoms with Crippen LogP contribution in [-0.4, -0.2) is 30.2 Å². The van der Waals surface area contributed by atoms with E-state index >= 15 is 0 Å². The lowest BCUT2D eigenvalue weighted by atomic mass is 10.5. The molecule has 6 heteroatoms. The zero-order valence-corrected chi connectivity index (χ0v) is 8.02. The summed E-state index contributed by atoms with van der Waals surface area (Å²) in [6, 6.07) is 3.38. The van der Waals surface area contributed by atoms with E-state index in [-0.39, 0.29) is 6.54 Å². The molecule has 0 atom stereocenters. The second kappa shape index (κ2) is 4.94. The van der Waals surface area contributed by atoms with Crippen LogP contribution in [0.5, 0.6) is 0 Å². The molecule has 0 aromatic carbocycles. The fraction of sp³-hybridized carbons (Fsp3) is 0.222. The van der Waals surface area contributed by atoms with Crippen LogP contribution < -0.4 is 10.9 Å². The molecule has 6 nitrogen and oxygen atoms in total. The van der Waals surface area contributed by atoms with Crippen molar-refractivity contribution in [2.75, 3.05) is 13.7 Å². The monoisotopic (exact) mass is 209 g/mol. The predicted molar refractivity (Wildman–Crippen MR) is 50.4 cm³/mol. The number of hydrogen-bond acceptors (Lipinski definition) is 4. The average molecular weight is 209 g/mol. The number of rotatable bonds is 2. The highest BCUT2D eigenvalue weighted by atomic mass is 16.5. The smallest absolute Gasteiger partial charge is 0.329 e. The van der Waals surface area contributed by atoms with Crippen LogP contribution in [0.1, 0.15) is 0 Å². The largest absolute Gasteiger partial charge is 0.468 e. The highest BCUT2D eigenvalue weighted by Crippen LogP contribution is 1.80. The van der Waals surface area contributed by atoms with Crippen LogP contribution in [0.2, 0.25) is 0 Å². The van der Waals surface area contributed by atoms with Crippen molar-refractivity contribution in [3.63, 3.8) is 0 Å². The van der Waals surface area contributed by atoms with E-state index in [0.29, 0.717) is 0 Å². The van der Waals surface area contributed by atoms with Crippen LogP contribution in [-0.2, 0) is 9.53 Å². The topological polar surface area (TPSA) is 77.4 Å². The van der Waals surface area contributed by atoms with Crippen LogP contribution in [0.4, 0.5) is 4.79 Å². The van der Waals surface area contributed by atoms with Crippen molar-refractivity contribution in [3.8, 4) is 0 Å². The molecule has 0 saturated heterocycles. The number of carbonyl (C=O) groups is 2. The van der Waals surface area contributed by atoms with Gasteiger partial charge in [-0.15, -0.1) is 0 Å². The van der Waals surface area contributed by atoms with E-state index in [4.69, 9.17) is 0 Å². The Bertz CT molecular complexity index is 424. The van der Waals surface area contributed by atoms with Gasteiger partial charge in [-0.1, -0.05) is 6.07 Å². The van der Waals surface area contributed by atoms with E-state index in [1.54, 1.807) is 0 Å². The first-order valence-corrected chi connectivity index (χ1v) is 4.10. The number of amides is 1. The van der Waals surface area contributed by atoms with Crippen molar-refractivity contribution < 1.29 is 14.3 Å². The lowest BCUT2D eigenvalue weighted by Gasteiger charge is -2.04. The normalized spacial score (nSPS) is 9.40. The Morgan fingerprint density at radius 2 is 2.33 bits per heavy atom. The van der Waals surface area contributed by atoms with Crippen LogP contribution in [0.3, 0.4) is 0 Å². The quantitative estimate of drug-likeness (QED) is 0.658. The molecular formula is C9H9N2O4. The summed E-state index contributed by atoms with van der Waals surface area (Å²) in [5.41, 5.74) is -0.514. The number of esters is 1. The number of aromatic nitrogens is 1.